The van der Waals surface area contributed by atoms with Gasteiger partial charge in [-0.1, -0.05) is 17.7 Å². The molecular formula is C26H34N4O2. The number of benzene rings is 2. The minimum atomic E-state index is -0.436. The second-order valence-electron chi connectivity index (χ2n) is 7.66. The molecule has 1 unspecified atom stereocenters. The molecule has 0 heterocycles. The minimum Gasteiger partial charge on any atom is -0.494 e. The number of ether oxygens (including phenoxy) is 1. The van der Waals surface area contributed by atoms with Crippen LogP contribution in [0.4, 0.5) is 11.4 Å². The third-order valence-electron chi connectivity index (χ3n) is 5.35. The highest BCUT2D eigenvalue weighted by Crippen LogP contribution is 2.27. The van der Waals surface area contributed by atoms with Crippen LogP contribution in [0, 0.1) is 25.2 Å². The number of nitrogens with zero attached hydrogens (tertiary/aromatic N) is 2. The smallest absolute Gasteiger partial charge is 0.263 e. The van der Waals surface area contributed by atoms with Gasteiger partial charge in [0.1, 0.15) is 17.4 Å². The molecule has 170 valence electrons. The number of anilines is 2. The summed E-state index contributed by atoms with van der Waals surface area (Å²) in [4.78, 5) is 15.0. The second kappa shape index (κ2) is 11.8. The van der Waals surface area contributed by atoms with Gasteiger partial charge in [-0.3, -0.25) is 4.79 Å². The molecule has 0 fully saturated rings. The zero-order chi connectivity index (χ0) is 23.7. The largest absolute Gasteiger partial charge is 0.494 e. The van der Waals surface area contributed by atoms with E-state index in [1.165, 1.54) is 6.20 Å². The molecule has 0 aliphatic rings. The summed E-state index contributed by atoms with van der Waals surface area (Å²) in [5, 5.41) is 15.6. The minimum absolute atomic E-state index is 0.00897. The Balaban J connectivity index is 2.15. The van der Waals surface area contributed by atoms with E-state index in [1.54, 1.807) is 0 Å². The number of nitrogens with one attached hydrogen (secondary N) is 2. The van der Waals surface area contributed by atoms with E-state index in [4.69, 9.17) is 4.74 Å². The van der Waals surface area contributed by atoms with Crippen LogP contribution in [-0.2, 0) is 4.79 Å². The molecule has 2 N–H and O–H groups in total. The average Bonchev–Trinajstić information content (AvgIpc) is 2.77. The Morgan fingerprint density at radius 1 is 1.16 bits per heavy atom. The van der Waals surface area contributed by atoms with Crippen LogP contribution in [0.15, 0.2) is 48.2 Å². The van der Waals surface area contributed by atoms with Crippen LogP contribution in [-0.4, -0.2) is 25.6 Å². The lowest BCUT2D eigenvalue weighted by Gasteiger charge is -2.22. The molecule has 0 aliphatic heterocycles. The molecule has 0 aliphatic carbocycles. The first-order valence-corrected chi connectivity index (χ1v) is 11.1. The number of hydrogen-bond acceptors (Lipinski definition) is 5. The van der Waals surface area contributed by atoms with E-state index in [2.05, 4.69) is 35.4 Å². The lowest BCUT2D eigenvalue weighted by atomic mass is 10.0. The molecule has 6 nitrogen and oxygen atoms in total. The predicted octanol–water partition coefficient (Wildman–Crippen LogP) is 5.25. The van der Waals surface area contributed by atoms with Crippen LogP contribution in [0.25, 0.3) is 0 Å². The molecule has 2 aromatic carbocycles. The van der Waals surface area contributed by atoms with Crippen LogP contribution >= 0.6 is 0 Å². The number of nitriles is 1. The van der Waals surface area contributed by atoms with Crippen molar-refractivity contribution >= 4 is 17.3 Å². The molecule has 0 radical (unpaired) electrons. The Kier molecular flexibility index (Phi) is 9.15. The van der Waals surface area contributed by atoms with Crippen LogP contribution < -0.4 is 20.3 Å². The SMILES string of the molecule is CCOc1ccc(C)cc1C(C)NC(=O)/C(C#N)=C\Nc1ccc(N(CC)CC)cc1C. The molecule has 0 bridgehead atoms. The molecule has 0 saturated carbocycles. The second-order valence-corrected chi connectivity index (χ2v) is 7.66. The van der Waals surface area contributed by atoms with Crippen molar-refractivity contribution in [2.24, 2.45) is 0 Å². The average molecular weight is 435 g/mol. The number of carbonyl (C=O) groups excluding carboxylic acids is 1. The van der Waals surface area contributed by atoms with Crippen molar-refractivity contribution in [1.29, 1.82) is 5.26 Å². The fourth-order valence-corrected chi connectivity index (χ4v) is 3.54. The van der Waals surface area contributed by atoms with Crippen molar-refractivity contribution in [3.8, 4) is 11.8 Å². The molecule has 0 spiro atoms. The molecule has 32 heavy (non-hydrogen) atoms. The Morgan fingerprint density at radius 3 is 2.47 bits per heavy atom. The summed E-state index contributed by atoms with van der Waals surface area (Å²) in [6, 6.07) is 13.7. The van der Waals surface area contributed by atoms with Crippen molar-refractivity contribution < 1.29 is 9.53 Å². The summed E-state index contributed by atoms with van der Waals surface area (Å²) in [5.41, 5.74) is 5.01. The van der Waals surface area contributed by atoms with Crippen molar-refractivity contribution in [3.05, 3.63) is 64.9 Å². The van der Waals surface area contributed by atoms with Gasteiger partial charge in [-0.2, -0.15) is 5.26 Å². The number of amides is 1. The Hall–Kier alpha value is -3.46. The van der Waals surface area contributed by atoms with Crippen molar-refractivity contribution in [2.75, 3.05) is 29.9 Å². The monoisotopic (exact) mass is 434 g/mol. The standard InChI is InChI=1S/C26H34N4O2/c1-7-30(8-2)22-11-12-24(19(5)15-22)28-17-21(16-27)26(31)29-20(6)23-14-18(4)10-13-25(23)32-9-3/h10-15,17,20,28H,7-9H2,1-6H3,(H,29,31)/b21-17-. The predicted molar refractivity (Wildman–Crippen MR) is 131 cm³/mol. The lowest BCUT2D eigenvalue weighted by Crippen LogP contribution is -2.28. The summed E-state index contributed by atoms with van der Waals surface area (Å²) in [6.45, 7) is 14.5. The Morgan fingerprint density at radius 2 is 1.88 bits per heavy atom. The van der Waals surface area contributed by atoms with Gasteiger partial charge in [0.2, 0.25) is 0 Å². The van der Waals surface area contributed by atoms with Gasteiger partial charge in [0, 0.05) is 36.2 Å². The number of aryl methyl sites for hydroxylation is 2. The third-order valence-corrected chi connectivity index (χ3v) is 5.35. The number of rotatable bonds is 10. The normalized spacial score (nSPS) is 12.0. The van der Waals surface area contributed by atoms with E-state index in [0.717, 1.165) is 46.9 Å². The maximum Gasteiger partial charge on any atom is 0.263 e. The first kappa shape index (κ1) is 24.8. The molecule has 1 amide bonds. The molecule has 2 aromatic rings. The highest BCUT2D eigenvalue weighted by Gasteiger charge is 2.17. The van der Waals surface area contributed by atoms with Crippen molar-refractivity contribution in [3.63, 3.8) is 0 Å². The lowest BCUT2D eigenvalue weighted by molar-refractivity contribution is -0.117. The summed E-state index contributed by atoms with van der Waals surface area (Å²) < 4.78 is 5.70. The van der Waals surface area contributed by atoms with Crippen molar-refractivity contribution in [2.45, 2.75) is 47.6 Å². The third kappa shape index (κ3) is 6.27. The molecular weight excluding hydrogens is 400 g/mol. The number of hydrogen-bond donors (Lipinski definition) is 2. The maximum absolute atomic E-state index is 12.8. The van der Waals surface area contributed by atoms with Crippen LogP contribution in [0.5, 0.6) is 5.75 Å². The first-order chi connectivity index (χ1) is 15.3. The fraction of sp³-hybridized carbons (Fsp3) is 0.385. The highest BCUT2D eigenvalue weighted by molar-refractivity contribution is 5.97. The molecule has 6 heteroatoms. The quantitative estimate of drug-likeness (QED) is 0.395. The van der Waals surface area contributed by atoms with Gasteiger partial charge in [-0.05, 0) is 71.4 Å². The maximum atomic E-state index is 12.8. The zero-order valence-corrected chi connectivity index (χ0v) is 20.0. The molecule has 0 aromatic heterocycles. The summed E-state index contributed by atoms with van der Waals surface area (Å²) in [5.74, 6) is 0.296. The van der Waals surface area contributed by atoms with Crippen LogP contribution in [0.1, 0.15) is 50.4 Å². The molecule has 2 rings (SSSR count). The van der Waals surface area contributed by atoms with Crippen LogP contribution in [0.2, 0.25) is 0 Å². The van der Waals surface area contributed by atoms with E-state index in [0.29, 0.717) is 6.61 Å². The highest BCUT2D eigenvalue weighted by atomic mass is 16.5. The van der Waals surface area contributed by atoms with E-state index in [9.17, 15) is 10.1 Å². The van der Waals surface area contributed by atoms with Gasteiger partial charge in [-0.25, -0.2) is 0 Å². The van der Waals surface area contributed by atoms with Gasteiger partial charge >= 0.3 is 0 Å². The van der Waals surface area contributed by atoms with Gasteiger partial charge in [0.15, 0.2) is 0 Å². The van der Waals surface area contributed by atoms with Gasteiger partial charge in [0.25, 0.3) is 5.91 Å². The summed E-state index contributed by atoms with van der Waals surface area (Å²) in [6.07, 6.45) is 1.46. The summed E-state index contributed by atoms with van der Waals surface area (Å²) in [7, 11) is 0. The molecule has 1 atom stereocenters. The van der Waals surface area contributed by atoms with E-state index in [1.807, 2.05) is 64.1 Å². The Labute approximate surface area is 191 Å². The zero-order valence-electron chi connectivity index (χ0n) is 20.0. The fourth-order valence-electron chi connectivity index (χ4n) is 3.54. The van der Waals surface area contributed by atoms with Gasteiger partial charge in [-0.15, -0.1) is 0 Å². The van der Waals surface area contributed by atoms with Gasteiger partial charge in [0.05, 0.1) is 12.6 Å². The van der Waals surface area contributed by atoms with E-state index in [-0.39, 0.29) is 11.6 Å². The number of carbonyl (C=O) groups is 1. The summed E-state index contributed by atoms with van der Waals surface area (Å²) >= 11 is 0. The first-order valence-electron chi connectivity index (χ1n) is 11.1. The van der Waals surface area contributed by atoms with Crippen LogP contribution in [0.3, 0.4) is 0 Å². The van der Waals surface area contributed by atoms with E-state index >= 15 is 0 Å². The molecule has 0 saturated heterocycles. The van der Waals surface area contributed by atoms with E-state index < -0.39 is 5.91 Å². The topological polar surface area (TPSA) is 77.4 Å². The van der Waals surface area contributed by atoms with Crippen molar-refractivity contribution in [1.82, 2.24) is 5.32 Å². The Bertz CT molecular complexity index is 1000. The van der Waals surface area contributed by atoms with Gasteiger partial charge < -0.3 is 20.3 Å².